The smallest absolute Gasteiger partial charge is 0.350 e. The van der Waals surface area contributed by atoms with Crippen LogP contribution in [0.25, 0.3) is 0 Å². The van der Waals surface area contributed by atoms with E-state index in [0.717, 1.165) is 36.2 Å². The van der Waals surface area contributed by atoms with Gasteiger partial charge in [-0.1, -0.05) is 23.5 Å². The number of hydrogen-bond acceptors (Lipinski definition) is 6. The number of carbonyl (C=O) groups excluding carboxylic acids is 3. The van der Waals surface area contributed by atoms with Crippen molar-refractivity contribution in [3.8, 4) is 0 Å². The molecule has 4 rings (SSSR count). The Bertz CT molecular complexity index is 1030. The molecule has 33 heavy (non-hydrogen) atoms. The van der Waals surface area contributed by atoms with E-state index in [1.807, 2.05) is 4.90 Å². The molecule has 0 radical (unpaired) electrons. The van der Waals surface area contributed by atoms with Crippen LogP contribution >= 0.6 is 11.3 Å². The number of amides is 2. The highest BCUT2D eigenvalue weighted by atomic mass is 32.1. The maximum absolute atomic E-state index is 13.7. The molecule has 1 aliphatic carbocycles. The van der Waals surface area contributed by atoms with Crippen LogP contribution in [0.15, 0.2) is 24.3 Å². The van der Waals surface area contributed by atoms with E-state index >= 15 is 0 Å². The van der Waals surface area contributed by atoms with Gasteiger partial charge in [0.1, 0.15) is 10.7 Å². The number of rotatable bonds is 7. The maximum Gasteiger partial charge on any atom is 0.350 e. The fourth-order valence-corrected chi connectivity index (χ4v) is 5.05. The van der Waals surface area contributed by atoms with Crippen LogP contribution in [-0.4, -0.2) is 47.4 Å². The summed E-state index contributed by atoms with van der Waals surface area (Å²) in [6, 6.07) is 5.97. The Morgan fingerprint density at radius 3 is 2.58 bits per heavy atom. The van der Waals surface area contributed by atoms with Crippen molar-refractivity contribution in [3.05, 3.63) is 46.2 Å². The summed E-state index contributed by atoms with van der Waals surface area (Å²) in [6.45, 7) is 4.96. The van der Waals surface area contributed by atoms with Gasteiger partial charge in [-0.15, -0.1) is 0 Å². The van der Waals surface area contributed by atoms with E-state index < -0.39 is 5.97 Å². The lowest BCUT2D eigenvalue weighted by molar-refractivity contribution is -0.136. The lowest BCUT2D eigenvalue weighted by atomic mass is 9.96. The molecule has 2 heterocycles. The first kappa shape index (κ1) is 23.4. The number of anilines is 1. The minimum atomic E-state index is -0.466. The molecule has 1 saturated carbocycles. The quantitative estimate of drug-likeness (QED) is 0.569. The van der Waals surface area contributed by atoms with E-state index in [4.69, 9.17) is 4.74 Å². The Hall–Kier alpha value is -2.81. The highest BCUT2D eigenvalue weighted by Crippen LogP contribution is 2.34. The molecule has 2 fully saturated rings. The molecule has 0 unspecified atom stereocenters. The summed E-state index contributed by atoms with van der Waals surface area (Å²) in [6.07, 6.45) is 3.31. The molecule has 1 saturated heterocycles. The Kier molecular flexibility index (Phi) is 7.07. The zero-order chi connectivity index (χ0) is 23.5. The van der Waals surface area contributed by atoms with Gasteiger partial charge in [0, 0.05) is 19.0 Å². The highest BCUT2D eigenvalue weighted by Gasteiger charge is 2.38. The number of nitrogens with zero attached hydrogens (tertiary/aromatic N) is 3. The molecule has 0 bridgehead atoms. The molecule has 9 heteroatoms. The minimum absolute atomic E-state index is 0.114. The van der Waals surface area contributed by atoms with Gasteiger partial charge < -0.3 is 9.64 Å². The van der Waals surface area contributed by atoms with Gasteiger partial charge in [-0.2, -0.15) is 0 Å². The second-order valence-electron chi connectivity index (χ2n) is 8.58. The van der Waals surface area contributed by atoms with E-state index in [0.29, 0.717) is 35.2 Å². The SMILES string of the molecule is CCOC(=O)c1sc(N(Cc2ccc(F)cc2)C(=O)[C@@H]2CCCN(C(=O)C3CC3)C2)nc1C. The summed E-state index contributed by atoms with van der Waals surface area (Å²) in [5, 5.41) is 0.399. The van der Waals surface area contributed by atoms with Gasteiger partial charge in [0.15, 0.2) is 5.13 Å². The Morgan fingerprint density at radius 2 is 1.91 bits per heavy atom. The third-order valence-electron chi connectivity index (χ3n) is 6.01. The summed E-state index contributed by atoms with van der Waals surface area (Å²) in [5.41, 5.74) is 1.25. The summed E-state index contributed by atoms with van der Waals surface area (Å²) in [7, 11) is 0. The molecule has 2 aromatic rings. The van der Waals surface area contributed by atoms with Crippen LogP contribution in [0, 0.1) is 24.6 Å². The number of ether oxygens (including phenoxy) is 1. The Labute approximate surface area is 196 Å². The zero-order valence-corrected chi connectivity index (χ0v) is 19.7. The topological polar surface area (TPSA) is 79.8 Å². The van der Waals surface area contributed by atoms with Crippen molar-refractivity contribution in [2.45, 2.75) is 46.1 Å². The van der Waals surface area contributed by atoms with Crippen LogP contribution in [-0.2, 0) is 20.9 Å². The first-order valence-corrected chi connectivity index (χ1v) is 12.2. The molecule has 1 atom stereocenters. The molecule has 1 aromatic carbocycles. The summed E-state index contributed by atoms with van der Waals surface area (Å²) in [4.78, 5) is 46.8. The lowest BCUT2D eigenvalue weighted by Crippen LogP contribution is -2.47. The number of esters is 1. The number of hydrogen-bond donors (Lipinski definition) is 0. The molecule has 1 aliphatic heterocycles. The number of aryl methyl sites for hydroxylation is 1. The van der Waals surface area contributed by atoms with Gasteiger partial charge in [0.05, 0.1) is 24.8 Å². The number of likely N-dealkylation sites (tertiary alicyclic amines) is 1. The van der Waals surface area contributed by atoms with Crippen LogP contribution in [0.5, 0.6) is 0 Å². The van der Waals surface area contributed by atoms with E-state index in [1.54, 1.807) is 30.9 Å². The normalized spacial score (nSPS) is 18.2. The second-order valence-corrected chi connectivity index (χ2v) is 9.56. The Balaban J connectivity index is 1.60. The van der Waals surface area contributed by atoms with Crippen molar-refractivity contribution in [1.29, 1.82) is 0 Å². The van der Waals surface area contributed by atoms with Crippen molar-refractivity contribution >= 4 is 34.3 Å². The van der Waals surface area contributed by atoms with Crippen molar-refractivity contribution in [2.24, 2.45) is 11.8 Å². The van der Waals surface area contributed by atoms with Crippen molar-refractivity contribution in [2.75, 3.05) is 24.6 Å². The third kappa shape index (κ3) is 5.40. The minimum Gasteiger partial charge on any atom is -0.462 e. The van der Waals surface area contributed by atoms with Gasteiger partial charge in [-0.3, -0.25) is 14.5 Å². The van der Waals surface area contributed by atoms with Crippen LogP contribution in [0.4, 0.5) is 9.52 Å². The molecular formula is C24H28FN3O4S. The monoisotopic (exact) mass is 473 g/mol. The largest absolute Gasteiger partial charge is 0.462 e. The molecule has 0 N–H and O–H groups in total. The van der Waals surface area contributed by atoms with Gasteiger partial charge in [0.2, 0.25) is 11.8 Å². The van der Waals surface area contributed by atoms with Crippen LogP contribution in [0.2, 0.25) is 0 Å². The number of aromatic nitrogens is 1. The summed E-state index contributed by atoms with van der Waals surface area (Å²) in [5.74, 6) is -1.05. The molecule has 1 aromatic heterocycles. The Morgan fingerprint density at radius 1 is 1.18 bits per heavy atom. The predicted octanol–water partition coefficient (Wildman–Crippen LogP) is 3.95. The van der Waals surface area contributed by atoms with Crippen LogP contribution in [0.3, 0.4) is 0 Å². The zero-order valence-electron chi connectivity index (χ0n) is 18.9. The molecule has 176 valence electrons. The number of piperidine rings is 1. The van der Waals surface area contributed by atoms with Gasteiger partial charge in [-0.05, 0) is 57.2 Å². The van der Waals surface area contributed by atoms with Gasteiger partial charge in [0.25, 0.3) is 0 Å². The van der Waals surface area contributed by atoms with Crippen molar-refractivity contribution in [3.63, 3.8) is 0 Å². The van der Waals surface area contributed by atoms with E-state index in [-0.39, 0.29) is 42.6 Å². The molecule has 2 aliphatic rings. The summed E-state index contributed by atoms with van der Waals surface area (Å²) < 4.78 is 18.5. The number of carbonyl (C=O) groups is 3. The standard InChI is InChI=1S/C24H28FN3O4S/c1-3-32-23(31)20-15(2)26-24(33-20)28(13-16-6-10-19(25)11-7-16)22(30)18-5-4-12-27(14-18)21(29)17-8-9-17/h6-7,10-11,17-18H,3-5,8-9,12-14H2,1-2H3/t18-/m1/s1. The molecule has 0 spiro atoms. The summed E-state index contributed by atoms with van der Waals surface area (Å²) >= 11 is 1.12. The van der Waals surface area contributed by atoms with Gasteiger partial charge in [-0.25, -0.2) is 14.2 Å². The van der Waals surface area contributed by atoms with Crippen LogP contribution < -0.4 is 4.90 Å². The number of thiazole rings is 1. The highest BCUT2D eigenvalue weighted by molar-refractivity contribution is 7.17. The molecular weight excluding hydrogens is 445 g/mol. The van der Waals surface area contributed by atoms with Crippen LogP contribution in [0.1, 0.15) is 53.5 Å². The van der Waals surface area contributed by atoms with Crippen molar-refractivity contribution < 1.29 is 23.5 Å². The first-order valence-electron chi connectivity index (χ1n) is 11.4. The van der Waals surface area contributed by atoms with Crippen molar-refractivity contribution in [1.82, 2.24) is 9.88 Å². The lowest BCUT2D eigenvalue weighted by Gasteiger charge is -2.34. The number of halogens is 1. The van der Waals surface area contributed by atoms with Gasteiger partial charge >= 0.3 is 5.97 Å². The van der Waals surface area contributed by atoms with E-state index in [2.05, 4.69) is 4.98 Å². The average molecular weight is 474 g/mol. The second kappa shape index (κ2) is 9.99. The average Bonchev–Trinajstić information content (AvgIpc) is 3.59. The molecule has 2 amide bonds. The van der Waals surface area contributed by atoms with E-state index in [1.165, 1.54) is 12.1 Å². The first-order chi connectivity index (χ1) is 15.9. The maximum atomic E-state index is 13.7. The molecule has 7 nitrogen and oxygen atoms in total. The number of benzene rings is 1. The van der Waals surface area contributed by atoms with E-state index in [9.17, 15) is 18.8 Å². The third-order valence-corrected chi connectivity index (χ3v) is 7.17. The fraction of sp³-hybridized carbons (Fsp3) is 0.500. The predicted molar refractivity (Wildman–Crippen MR) is 122 cm³/mol. The fourth-order valence-electron chi connectivity index (χ4n) is 4.08.